The number of hydrogen-bond acceptors (Lipinski definition) is 6. The third-order valence-corrected chi connectivity index (χ3v) is 5.12. The fourth-order valence-corrected chi connectivity index (χ4v) is 3.42. The van der Waals surface area contributed by atoms with E-state index in [2.05, 4.69) is 10.1 Å². The number of hydrogen-bond donors (Lipinski definition) is 2. The zero-order chi connectivity index (χ0) is 24.7. The number of carboxylic acid groups (broad SMARTS) is 1. The minimum Gasteiger partial charge on any atom is -0.494 e. The van der Waals surface area contributed by atoms with Crippen molar-refractivity contribution in [1.29, 1.82) is 0 Å². The average Bonchev–Trinajstić information content (AvgIpc) is 3.22. The van der Waals surface area contributed by atoms with E-state index in [0.29, 0.717) is 22.8 Å². The molecular formula is C24H24ClFN4O4. The van der Waals surface area contributed by atoms with Crippen molar-refractivity contribution in [3.05, 3.63) is 88.1 Å². The van der Waals surface area contributed by atoms with Crippen molar-refractivity contribution < 1.29 is 23.8 Å². The zero-order valence-electron chi connectivity index (χ0n) is 18.7. The van der Waals surface area contributed by atoms with Crippen molar-refractivity contribution >= 4 is 28.5 Å². The van der Waals surface area contributed by atoms with Crippen molar-refractivity contribution in [3.8, 4) is 5.75 Å². The highest BCUT2D eigenvalue weighted by Gasteiger charge is 2.15. The molecule has 2 heterocycles. The molecule has 0 atom stereocenters. The first-order chi connectivity index (χ1) is 16.4. The molecule has 3 N–H and O–H groups in total. The molecule has 0 amide bonds. The zero-order valence-corrected chi connectivity index (χ0v) is 19.4. The van der Waals surface area contributed by atoms with Crippen LogP contribution in [0.15, 0.2) is 54.9 Å². The van der Waals surface area contributed by atoms with Gasteiger partial charge in [-0.25, -0.2) is 9.18 Å². The summed E-state index contributed by atoms with van der Waals surface area (Å²) in [4.78, 5) is 15.6. The van der Waals surface area contributed by atoms with Crippen LogP contribution in [0, 0.1) is 5.82 Å². The average molecular weight is 487 g/mol. The van der Waals surface area contributed by atoms with Gasteiger partial charge in [0, 0.05) is 42.0 Å². The summed E-state index contributed by atoms with van der Waals surface area (Å²) in [7, 11) is 2.93. The number of rotatable bonds is 7. The maximum Gasteiger partial charge on any atom is 0.339 e. The van der Waals surface area contributed by atoms with E-state index in [1.165, 1.54) is 20.4 Å². The van der Waals surface area contributed by atoms with Gasteiger partial charge in [-0.1, -0.05) is 29.8 Å². The molecule has 0 saturated heterocycles. The molecular weight excluding hydrogens is 463 g/mol. The molecule has 0 spiro atoms. The summed E-state index contributed by atoms with van der Waals surface area (Å²) in [5.74, 6) is -1.14. The van der Waals surface area contributed by atoms with E-state index in [-0.39, 0.29) is 30.3 Å². The Balaban J connectivity index is 0.000000248. The SMILES string of the molecule is COCc1nn(Cc2cnc3cc(Cl)ccc3c2)cc1C(=O)O.COc1cccc(CN)c1F. The van der Waals surface area contributed by atoms with Crippen LogP contribution in [0.1, 0.15) is 27.2 Å². The van der Waals surface area contributed by atoms with Crippen molar-refractivity contribution in [3.63, 3.8) is 0 Å². The van der Waals surface area contributed by atoms with Crippen molar-refractivity contribution in [2.75, 3.05) is 14.2 Å². The van der Waals surface area contributed by atoms with Crippen molar-refractivity contribution in [1.82, 2.24) is 14.8 Å². The highest BCUT2D eigenvalue weighted by atomic mass is 35.5. The number of pyridine rings is 1. The van der Waals surface area contributed by atoms with E-state index in [4.69, 9.17) is 26.8 Å². The topological polar surface area (TPSA) is 112 Å². The Hall–Kier alpha value is -3.53. The van der Waals surface area contributed by atoms with Gasteiger partial charge in [0.2, 0.25) is 0 Å². The molecule has 4 rings (SSSR count). The largest absolute Gasteiger partial charge is 0.494 e. The Kier molecular flexibility index (Phi) is 8.53. The number of methoxy groups -OCH3 is 2. The summed E-state index contributed by atoms with van der Waals surface area (Å²) < 4.78 is 24.4. The van der Waals surface area contributed by atoms with Crippen LogP contribution in [0.2, 0.25) is 5.02 Å². The van der Waals surface area contributed by atoms with Gasteiger partial charge < -0.3 is 20.3 Å². The predicted molar refractivity (Wildman–Crippen MR) is 127 cm³/mol. The number of halogens is 2. The molecule has 178 valence electrons. The van der Waals surface area contributed by atoms with Crippen LogP contribution < -0.4 is 10.5 Å². The molecule has 10 heteroatoms. The first-order valence-corrected chi connectivity index (χ1v) is 10.6. The first-order valence-electron chi connectivity index (χ1n) is 10.2. The Bertz CT molecular complexity index is 1270. The Morgan fingerprint density at radius 1 is 1.24 bits per heavy atom. The van der Waals surface area contributed by atoms with Crippen LogP contribution in [0.4, 0.5) is 4.39 Å². The molecule has 0 aliphatic rings. The van der Waals surface area contributed by atoms with Crippen LogP contribution in [-0.2, 0) is 24.4 Å². The Morgan fingerprint density at radius 2 is 2.03 bits per heavy atom. The molecule has 2 aromatic carbocycles. The fraction of sp³-hybridized carbons (Fsp3) is 0.208. The molecule has 8 nitrogen and oxygen atoms in total. The van der Waals surface area contributed by atoms with Gasteiger partial charge in [0.15, 0.2) is 11.6 Å². The number of carbonyl (C=O) groups is 1. The van der Waals surface area contributed by atoms with Gasteiger partial charge in [-0.15, -0.1) is 0 Å². The number of carboxylic acids is 1. The van der Waals surface area contributed by atoms with Gasteiger partial charge in [0.05, 0.1) is 25.8 Å². The lowest BCUT2D eigenvalue weighted by atomic mass is 10.1. The first kappa shape index (κ1) is 25.1. The number of nitrogens with two attached hydrogens (primary N) is 1. The van der Waals surface area contributed by atoms with E-state index < -0.39 is 5.97 Å². The van der Waals surface area contributed by atoms with Crippen LogP contribution >= 0.6 is 11.6 Å². The molecule has 4 aromatic rings. The molecule has 0 aliphatic heterocycles. The summed E-state index contributed by atoms with van der Waals surface area (Å²) in [5, 5.41) is 15.1. The fourth-order valence-electron chi connectivity index (χ4n) is 3.25. The summed E-state index contributed by atoms with van der Waals surface area (Å²) in [5.41, 5.74) is 8.04. The monoisotopic (exact) mass is 486 g/mol. The van der Waals surface area contributed by atoms with Gasteiger partial charge in [0.25, 0.3) is 0 Å². The summed E-state index contributed by atoms with van der Waals surface area (Å²) in [6, 6.07) is 12.4. The smallest absolute Gasteiger partial charge is 0.339 e. The second-order valence-electron chi connectivity index (χ2n) is 7.24. The van der Waals surface area contributed by atoms with Crippen molar-refractivity contribution in [2.24, 2.45) is 5.73 Å². The van der Waals surface area contributed by atoms with E-state index >= 15 is 0 Å². The lowest BCUT2D eigenvalue weighted by molar-refractivity contribution is 0.0691. The number of nitrogens with zero attached hydrogens (tertiary/aromatic N) is 3. The third-order valence-electron chi connectivity index (χ3n) is 4.88. The lowest BCUT2D eigenvalue weighted by Crippen LogP contribution is -2.02. The second-order valence-corrected chi connectivity index (χ2v) is 7.68. The van der Waals surface area contributed by atoms with E-state index in [1.54, 1.807) is 35.1 Å². The second kappa shape index (κ2) is 11.6. The Morgan fingerprint density at radius 3 is 2.71 bits per heavy atom. The van der Waals surface area contributed by atoms with Crippen LogP contribution in [0.3, 0.4) is 0 Å². The van der Waals surface area contributed by atoms with Crippen LogP contribution in [0.25, 0.3) is 10.9 Å². The molecule has 0 fully saturated rings. The summed E-state index contributed by atoms with van der Waals surface area (Å²) in [6.45, 7) is 0.779. The number of ether oxygens (including phenoxy) is 2. The van der Waals surface area contributed by atoms with Gasteiger partial charge >= 0.3 is 5.97 Å². The minimum absolute atomic E-state index is 0.146. The van der Waals surface area contributed by atoms with Gasteiger partial charge in [0.1, 0.15) is 11.3 Å². The molecule has 0 bridgehead atoms. The van der Waals surface area contributed by atoms with Crippen molar-refractivity contribution in [2.45, 2.75) is 19.7 Å². The minimum atomic E-state index is -1.02. The molecule has 0 saturated carbocycles. The maximum atomic E-state index is 13.1. The number of aromatic nitrogens is 3. The third kappa shape index (κ3) is 6.07. The highest BCUT2D eigenvalue weighted by molar-refractivity contribution is 6.31. The van der Waals surface area contributed by atoms with Crippen LogP contribution in [0.5, 0.6) is 5.75 Å². The van der Waals surface area contributed by atoms with Gasteiger partial charge in [-0.3, -0.25) is 9.67 Å². The van der Waals surface area contributed by atoms with Crippen LogP contribution in [-0.4, -0.2) is 40.1 Å². The maximum absolute atomic E-state index is 13.1. The summed E-state index contributed by atoms with van der Waals surface area (Å²) in [6.07, 6.45) is 3.24. The Labute approximate surface area is 200 Å². The predicted octanol–water partition coefficient (Wildman–Crippen LogP) is 4.27. The normalized spacial score (nSPS) is 10.6. The van der Waals surface area contributed by atoms with E-state index in [9.17, 15) is 14.3 Å². The number of benzene rings is 2. The number of fused-ring (bicyclic) bond motifs is 1. The molecule has 0 aliphatic carbocycles. The van der Waals surface area contributed by atoms with Gasteiger partial charge in [-0.05, 0) is 29.8 Å². The molecule has 0 radical (unpaired) electrons. The van der Waals surface area contributed by atoms with E-state index in [0.717, 1.165) is 16.5 Å². The summed E-state index contributed by atoms with van der Waals surface area (Å²) >= 11 is 5.95. The molecule has 0 unspecified atom stereocenters. The lowest BCUT2D eigenvalue weighted by Gasteiger charge is -2.04. The van der Waals surface area contributed by atoms with Gasteiger partial charge in [-0.2, -0.15) is 5.10 Å². The standard InChI is InChI=1S/C16H14ClN3O3.C8H10FNO/c1-23-9-15-13(16(21)22)8-20(19-15)7-10-4-11-2-3-12(17)5-14(11)18-6-10;1-11-7-4-2-3-6(5-10)8(7)9/h2-6,8H,7,9H2,1H3,(H,21,22);2-4H,5,10H2,1H3. The molecule has 34 heavy (non-hydrogen) atoms. The molecule has 2 aromatic heterocycles. The number of aromatic carboxylic acids is 1. The quantitative estimate of drug-likeness (QED) is 0.401. The van der Waals surface area contributed by atoms with E-state index in [1.807, 2.05) is 18.2 Å². The highest BCUT2D eigenvalue weighted by Crippen LogP contribution is 2.20.